The summed E-state index contributed by atoms with van der Waals surface area (Å²) >= 11 is 0. The third kappa shape index (κ3) is 4.99. The van der Waals surface area contributed by atoms with Crippen LogP contribution in [0.15, 0.2) is 59.7 Å². The largest absolute Gasteiger partial charge is 0.440 e. The topological polar surface area (TPSA) is 96.4 Å². The first-order valence-corrected chi connectivity index (χ1v) is 13.9. The second kappa shape index (κ2) is 11.0. The molecule has 0 bridgehead atoms. The Labute approximate surface area is 235 Å². The Morgan fingerprint density at radius 1 is 1.05 bits per heavy atom. The molecule has 3 aromatic heterocycles. The predicted octanol–water partition coefficient (Wildman–Crippen LogP) is 5.27. The Kier molecular flexibility index (Phi) is 7.29. The van der Waals surface area contributed by atoms with Gasteiger partial charge in [-0.2, -0.15) is 0 Å². The highest BCUT2D eigenvalue weighted by molar-refractivity contribution is 5.71. The molecule has 0 radical (unpaired) electrons. The summed E-state index contributed by atoms with van der Waals surface area (Å²) < 4.78 is 37.7. The molecule has 4 heterocycles. The van der Waals surface area contributed by atoms with E-state index < -0.39 is 42.1 Å². The summed E-state index contributed by atoms with van der Waals surface area (Å²) in [7, 11) is 3.63. The number of nitrogens with one attached hydrogen (secondary N) is 1. The number of nitrogens with zero attached hydrogens (tertiary/aromatic N) is 5. The third-order valence-electron chi connectivity index (χ3n) is 8.27. The van der Waals surface area contributed by atoms with Crippen molar-refractivity contribution in [3.63, 3.8) is 0 Å². The van der Waals surface area contributed by atoms with Crippen LogP contribution in [0.1, 0.15) is 67.1 Å². The average Bonchev–Trinajstić information content (AvgIpc) is 3.17. The van der Waals surface area contributed by atoms with E-state index in [0.29, 0.717) is 24.0 Å². The van der Waals surface area contributed by atoms with Gasteiger partial charge in [-0.1, -0.05) is 18.2 Å². The van der Waals surface area contributed by atoms with Crippen LogP contribution in [0, 0.1) is 11.6 Å². The molecule has 4 aromatic rings. The fourth-order valence-electron chi connectivity index (χ4n) is 6.36. The van der Waals surface area contributed by atoms with Gasteiger partial charge >= 0.3 is 11.8 Å². The first-order chi connectivity index (χ1) is 19.8. The maximum absolute atomic E-state index is 15.4. The van der Waals surface area contributed by atoms with Crippen molar-refractivity contribution < 1.29 is 18.3 Å². The molecule has 9 nitrogen and oxygen atoms in total. The van der Waals surface area contributed by atoms with E-state index in [1.807, 2.05) is 31.1 Å². The zero-order valence-corrected chi connectivity index (χ0v) is 23.0. The van der Waals surface area contributed by atoms with Crippen LogP contribution in [0.5, 0.6) is 0 Å². The normalized spacial score (nSPS) is 22.9. The number of hydrogen-bond donors (Lipinski definition) is 1. The lowest BCUT2D eigenvalue weighted by Gasteiger charge is -2.47. The molecule has 2 aliphatic rings. The van der Waals surface area contributed by atoms with Gasteiger partial charge in [0.15, 0.2) is 17.3 Å². The summed E-state index contributed by atoms with van der Waals surface area (Å²) in [6.45, 7) is 0. The lowest BCUT2D eigenvalue weighted by atomic mass is 9.89. The van der Waals surface area contributed by atoms with Gasteiger partial charge in [0, 0.05) is 30.4 Å². The van der Waals surface area contributed by atoms with Crippen molar-refractivity contribution in [2.45, 2.75) is 62.9 Å². The highest BCUT2D eigenvalue weighted by atomic mass is 19.2. The zero-order chi connectivity index (χ0) is 28.7. The summed E-state index contributed by atoms with van der Waals surface area (Å²) in [5.74, 6) is -2.03. The van der Waals surface area contributed by atoms with Crippen molar-refractivity contribution in [3.05, 3.63) is 93.8 Å². The number of halogens is 2. The first kappa shape index (κ1) is 27.1. The molecule has 1 saturated heterocycles. The van der Waals surface area contributed by atoms with E-state index in [0.717, 1.165) is 36.6 Å². The molecule has 1 amide bonds. The fourth-order valence-corrected chi connectivity index (χ4v) is 6.36. The standard InChI is InChI=1S/C30H32F2N6O3/c1-36(2)25-17-19(37-22-12-7-15-34-28(22)35-29(37)39)16-23(20-10-5-11-21(31)26(20)32)38(25)30(40)41-24-13-4-3-8-18-9-6-14-33-27(18)24/h5-7,9-12,14-15,19,23-25H,3-4,8,13,16-17H2,1-2H3,(H,34,35,39)/t19?,23-,24-,25?/m1/s1. The van der Waals surface area contributed by atoms with Crippen LogP contribution in [0.2, 0.25) is 0 Å². The number of benzene rings is 1. The number of aryl methyl sites for hydroxylation is 1. The lowest BCUT2D eigenvalue weighted by molar-refractivity contribution is -0.0328. The number of ether oxygens (including phenoxy) is 1. The Bertz CT molecular complexity index is 1640. The molecule has 2 unspecified atom stereocenters. The van der Waals surface area contributed by atoms with Crippen molar-refractivity contribution >= 4 is 17.3 Å². The number of rotatable bonds is 4. The quantitative estimate of drug-likeness (QED) is 0.341. The number of carbonyl (C=O) groups is 1. The zero-order valence-electron chi connectivity index (χ0n) is 23.0. The Morgan fingerprint density at radius 3 is 2.68 bits per heavy atom. The highest BCUT2D eigenvalue weighted by Crippen LogP contribution is 2.43. The molecule has 1 aliphatic heterocycles. The maximum Gasteiger partial charge on any atom is 0.412 e. The number of fused-ring (bicyclic) bond motifs is 2. The molecular formula is C30H32F2N6O3. The van der Waals surface area contributed by atoms with Crippen molar-refractivity contribution in [3.8, 4) is 0 Å². The van der Waals surface area contributed by atoms with E-state index in [4.69, 9.17) is 4.74 Å². The highest BCUT2D eigenvalue weighted by Gasteiger charge is 2.44. The SMILES string of the molecule is CN(C)C1CC(n2c(=O)[nH]c3ncccc32)C[C@H](c2cccc(F)c2F)N1C(=O)O[C@@H]1CCCCc2cccnc21. The van der Waals surface area contributed by atoms with Gasteiger partial charge in [-0.05, 0) is 76.0 Å². The molecule has 1 fully saturated rings. The summed E-state index contributed by atoms with van der Waals surface area (Å²) in [6.07, 6.45) is 5.34. The van der Waals surface area contributed by atoms with Crippen LogP contribution in [0.25, 0.3) is 11.2 Å². The smallest absolute Gasteiger partial charge is 0.412 e. The van der Waals surface area contributed by atoms with Gasteiger partial charge in [-0.15, -0.1) is 0 Å². The lowest BCUT2D eigenvalue weighted by Crippen LogP contribution is -2.55. The second-order valence-electron chi connectivity index (χ2n) is 11.0. The van der Waals surface area contributed by atoms with E-state index in [1.165, 1.54) is 17.0 Å². The molecule has 1 N–H and O–H groups in total. The molecular weight excluding hydrogens is 530 g/mol. The fraction of sp³-hybridized carbons (Fsp3) is 0.400. The van der Waals surface area contributed by atoms with Crippen LogP contribution >= 0.6 is 0 Å². The van der Waals surface area contributed by atoms with Gasteiger partial charge < -0.3 is 4.74 Å². The summed E-state index contributed by atoms with van der Waals surface area (Å²) in [4.78, 5) is 42.1. The number of aromatic amines is 1. The Balaban J connectivity index is 1.42. The first-order valence-electron chi connectivity index (χ1n) is 13.9. The minimum absolute atomic E-state index is 0.0314. The van der Waals surface area contributed by atoms with Gasteiger partial charge in [-0.3, -0.25) is 24.3 Å². The molecule has 1 aromatic carbocycles. The van der Waals surface area contributed by atoms with Crippen LogP contribution < -0.4 is 5.69 Å². The van der Waals surface area contributed by atoms with Crippen molar-refractivity contribution in [1.29, 1.82) is 0 Å². The number of likely N-dealkylation sites (tertiary alicyclic amines) is 1. The Morgan fingerprint density at radius 2 is 1.85 bits per heavy atom. The number of piperidine rings is 1. The molecule has 6 rings (SSSR count). The van der Waals surface area contributed by atoms with Crippen LogP contribution in [0.4, 0.5) is 13.6 Å². The van der Waals surface area contributed by atoms with Crippen LogP contribution in [0.3, 0.4) is 0 Å². The molecule has 0 spiro atoms. The number of imidazole rings is 1. The molecule has 0 saturated carbocycles. The van der Waals surface area contributed by atoms with Crippen molar-refractivity contribution in [1.82, 2.24) is 29.3 Å². The number of H-pyrrole nitrogens is 1. The molecule has 214 valence electrons. The van der Waals surface area contributed by atoms with Crippen LogP contribution in [-0.2, 0) is 11.2 Å². The van der Waals surface area contributed by atoms with E-state index in [2.05, 4.69) is 15.0 Å². The van der Waals surface area contributed by atoms with Gasteiger partial charge in [0.05, 0.1) is 23.4 Å². The number of pyridine rings is 2. The van der Waals surface area contributed by atoms with Gasteiger partial charge in [0.2, 0.25) is 0 Å². The summed E-state index contributed by atoms with van der Waals surface area (Å²) in [5.41, 5.74) is 2.51. The molecule has 1 aliphatic carbocycles. The maximum atomic E-state index is 15.4. The van der Waals surface area contributed by atoms with E-state index in [-0.39, 0.29) is 17.7 Å². The number of amides is 1. The minimum Gasteiger partial charge on any atom is -0.440 e. The number of hydrogen-bond acceptors (Lipinski definition) is 6. The van der Waals surface area contributed by atoms with Crippen LogP contribution in [-0.4, -0.2) is 55.7 Å². The molecule has 41 heavy (non-hydrogen) atoms. The van der Waals surface area contributed by atoms with E-state index in [1.54, 1.807) is 29.1 Å². The van der Waals surface area contributed by atoms with E-state index >= 15 is 4.39 Å². The Hall–Kier alpha value is -4.12. The molecule has 4 atom stereocenters. The van der Waals surface area contributed by atoms with Gasteiger partial charge in [0.25, 0.3) is 0 Å². The van der Waals surface area contributed by atoms with Gasteiger partial charge in [-0.25, -0.2) is 23.4 Å². The van der Waals surface area contributed by atoms with Gasteiger partial charge in [0.1, 0.15) is 6.10 Å². The van der Waals surface area contributed by atoms with E-state index in [9.17, 15) is 14.0 Å². The summed E-state index contributed by atoms with van der Waals surface area (Å²) in [5, 5.41) is 0. The predicted molar refractivity (Wildman–Crippen MR) is 148 cm³/mol. The number of aromatic nitrogens is 4. The third-order valence-corrected chi connectivity index (χ3v) is 8.27. The molecule has 11 heteroatoms. The van der Waals surface area contributed by atoms with Crippen molar-refractivity contribution in [2.24, 2.45) is 0 Å². The summed E-state index contributed by atoms with van der Waals surface area (Å²) in [6, 6.07) is 10.0. The van der Waals surface area contributed by atoms with Crippen molar-refractivity contribution in [2.75, 3.05) is 14.1 Å². The second-order valence-corrected chi connectivity index (χ2v) is 11.0. The monoisotopic (exact) mass is 562 g/mol. The average molecular weight is 563 g/mol. The minimum atomic E-state index is -1.03. The number of carbonyl (C=O) groups excluding carboxylic acids is 1.